The average Bonchev–Trinajstić information content (AvgIpc) is 3.12. The van der Waals surface area contributed by atoms with Crippen molar-refractivity contribution in [1.29, 1.82) is 0 Å². The molecular formula is C18H14N2S. The van der Waals surface area contributed by atoms with E-state index in [-0.39, 0.29) is 0 Å². The van der Waals surface area contributed by atoms with Crippen molar-refractivity contribution < 1.29 is 0 Å². The standard InChI is InChI=1S/C18H14N2S/c1-19-13-9-5-3-7-11(13)17-15(19)16-18(21-17)12-8-4-6-10-14(12)20(16)2/h3-10H,1-2H3. The highest BCUT2D eigenvalue weighted by Gasteiger charge is 2.19. The van der Waals surface area contributed by atoms with Crippen molar-refractivity contribution in [2.24, 2.45) is 14.1 Å². The second-order valence-corrected chi connectivity index (χ2v) is 6.63. The van der Waals surface area contributed by atoms with Gasteiger partial charge in [0.2, 0.25) is 0 Å². The molecule has 2 aromatic carbocycles. The molecule has 0 N–H and O–H groups in total. The van der Waals surface area contributed by atoms with E-state index in [9.17, 15) is 0 Å². The van der Waals surface area contributed by atoms with E-state index in [0.717, 1.165) is 0 Å². The summed E-state index contributed by atoms with van der Waals surface area (Å²) >= 11 is 1.92. The molecule has 3 heteroatoms. The van der Waals surface area contributed by atoms with Crippen molar-refractivity contribution in [3.8, 4) is 0 Å². The van der Waals surface area contributed by atoms with Gasteiger partial charge in [-0.25, -0.2) is 0 Å². The van der Waals surface area contributed by atoms with Crippen LogP contribution in [0.5, 0.6) is 0 Å². The van der Waals surface area contributed by atoms with Crippen molar-refractivity contribution in [2.75, 3.05) is 0 Å². The van der Waals surface area contributed by atoms with Crippen molar-refractivity contribution in [2.45, 2.75) is 0 Å². The van der Waals surface area contributed by atoms with Crippen LogP contribution in [0.3, 0.4) is 0 Å². The van der Waals surface area contributed by atoms with Crippen molar-refractivity contribution in [3.05, 3.63) is 48.5 Å². The number of aromatic nitrogens is 2. The molecule has 5 rings (SSSR count). The maximum absolute atomic E-state index is 2.34. The lowest BCUT2D eigenvalue weighted by Crippen LogP contribution is -1.90. The smallest absolute Gasteiger partial charge is 0.0846 e. The van der Waals surface area contributed by atoms with E-state index < -0.39 is 0 Å². The van der Waals surface area contributed by atoms with E-state index in [1.165, 1.54) is 42.2 Å². The lowest BCUT2D eigenvalue weighted by molar-refractivity contribution is 0.987. The number of hydrogen-bond donors (Lipinski definition) is 0. The van der Waals surface area contributed by atoms with Gasteiger partial charge in [0, 0.05) is 35.9 Å². The maximum Gasteiger partial charge on any atom is 0.0846 e. The SMILES string of the molecule is Cn1c2ccccc2c2sc3c4ccccc4n(C)c3c21. The molecule has 0 unspecified atom stereocenters. The molecule has 3 heterocycles. The summed E-state index contributed by atoms with van der Waals surface area (Å²) in [4.78, 5) is 0. The van der Waals surface area contributed by atoms with Crippen LogP contribution in [0.25, 0.3) is 42.2 Å². The van der Waals surface area contributed by atoms with Crippen LogP contribution in [0.4, 0.5) is 0 Å². The molecule has 0 spiro atoms. The highest BCUT2D eigenvalue weighted by molar-refractivity contribution is 7.27. The normalized spacial score (nSPS) is 12.3. The molecule has 5 aromatic rings. The average molecular weight is 290 g/mol. The molecule has 0 saturated carbocycles. The van der Waals surface area contributed by atoms with Crippen molar-refractivity contribution >= 4 is 53.6 Å². The molecule has 0 aliphatic carbocycles. The van der Waals surface area contributed by atoms with Gasteiger partial charge in [0.05, 0.1) is 20.4 Å². The van der Waals surface area contributed by atoms with Crippen molar-refractivity contribution in [1.82, 2.24) is 9.13 Å². The summed E-state index contributed by atoms with van der Waals surface area (Å²) in [5.41, 5.74) is 5.33. The molecule has 0 aliphatic heterocycles. The van der Waals surface area contributed by atoms with Crippen LogP contribution in [0.15, 0.2) is 48.5 Å². The number of benzene rings is 2. The molecule has 102 valence electrons. The minimum atomic E-state index is 1.31. The molecule has 0 amide bonds. The number of para-hydroxylation sites is 2. The van der Waals surface area contributed by atoms with Gasteiger partial charge in [-0.3, -0.25) is 0 Å². The number of aryl methyl sites for hydroxylation is 2. The Morgan fingerprint density at radius 1 is 0.667 bits per heavy atom. The first-order valence-corrected chi connectivity index (χ1v) is 7.92. The third-order valence-corrected chi connectivity index (χ3v) is 5.78. The van der Waals surface area contributed by atoms with E-state index >= 15 is 0 Å². The highest BCUT2D eigenvalue weighted by atomic mass is 32.1. The van der Waals surface area contributed by atoms with Crippen LogP contribution >= 0.6 is 11.3 Å². The largest absolute Gasteiger partial charge is 0.341 e. The molecule has 0 aliphatic rings. The second kappa shape index (κ2) is 3.68. The number of thiophene rings is 1. The Balaban J connectivity index is 2.17. The second-order valence-electron chi connectivity index (χ2n) is 5.61. The van der Waals surface area contributed by atoms with Gasteiger partial charge in [0.15, 0.2) is 0 Å². The van der Waals surface area contributed by atoms with Gasteiger partial charge in [-0.2, -0.15) is 0 Å². The summed E-state index contributed by atoms with van der Waals surface area (Å²) in [5, 5.41) is 2.72. The summed E-state index contributed by atoms with van der Waals surface area (Å²) in [6.07, 6.45) is 0. The Labute approximate surface area is 125 Å². The van der Waals surface area contributed by atoms with Crippen molar-refractivity contribution in [3.63, 3.8) is 0 Å². The molecule has 3 aromatic heterocycles. The Bertz CT molecular complexity index is 1060. The Kier molecular flexibility index (Phi) is 2.00. The number of rotatable bonds is 0. The Morgan fingerprint density at radius 3 is 1.57 bits per heavy atom. The van der Waals surface area contributed by atoms with Crippen LogP contribution in [0.1, 0.15) is 0 Å². The Morgan fingerprint density at radius 2 is 1.10 bits per heavy atom. The zero-order valence-corrected chi connectivity index (χ0v) is 12.7. The summed E-state index contributed by atoms with van der Waals surface area (Å²) in [5.74, 6) is 0. The van der Waals surface area contributed by atoms with Crippen LogP contribution in [0, 0.1) is 0 Å². The van der Waals surface area contributed by atoms with Crippen LogP contribution in [-0.2, 0) is 14.1 Å². The van der Waals surface area contributed by atoms with Gasteiger partial charge in [-0.05, 0) is 12.1 Å². The first-order valence-electron chi connectivity index (χ1n) is 7.10. The van der Waals surface area contributed by atoms with Gasteiger partial charge in [-0.1, -0.05) is 36.4 Å². The number of nitrogens with zero attached hydrogens (tertiary/aromatic N) is 2. The maximum atomic E-state index is 2.34. The fourth-order valence-corrected chi connectivity index (χ4v) is 4.99. The number of fused-ring (bicyclic) bond motifs is 7. The van der Waals surface area contributed by atoms with Crippen LogP contribution in [-0.4, -0.2) is 9.13 Å². The molecule has 2 nitrogen and oxygen atoms in total. The van der Waals surface area contributed by atoms with E-state index in [1.54, 1.807) is 0 Å². The highest BCUT2D eigenvalue weighted by Crippen LogP contribution is 2.43. The van der Waals surface area contributed by atoms with E-state index in [2.05, 4.69) is 71.8 Å². The van der Waals surface area contributed by atoms with Crippen LogP contribution in [0.2, 0.25) is 0 Å². The molecule has 0 fully saturated rings. The lowest BCUT2D eigenvalue weighted by atomic mass is 10.2. The van der Waals surface area contributed by atoms with Gasteiger partial charge in [-0.15, -0.1) is 11.3 Å². The lowest BCUT2D eigenvalue weighted by Gasteiger charge is -2.00. The van der Waals surface area contributed by atoms with E-state index in [4.69, 9.17) is 0 Å². The Hall–Kier alpha value is -2.26. The third-order valence-electron chi connectivity index (χ3n) is 4.55. The topological polar surface area (TPSA) is 9.86 Å². The van der Waals surface area contributed by atoms with Gasteiger partial charge in [0.25, 0.3) is 0 Å². The summed E-state index contributed by atoms with van der Waals surface area (Å²) in [7, 11) is 4.35. The molecule has 0 saturated heterocycles. The predicted molar refractivity (Wildman–Crippen MR) is 92.3 cm³/mol. The summed E-state index contributed by atoms with van der Waals surface area (Å²) < 4.78 is 7.48. The zero-order valence-electron chi connectivity index (χ0n) is 11.9. The number of hydrogen-bond acceptors (Lipinski definition) is 1. The molecule has 21 heavy (non-hydrogen) atoms. The van der Waals surface area contributed by atoms with Gasteiger partial charge in [0.1, 0.15) is 0 Å². The minimum absolute atomic E-state index is 1.31. The zero-order chi connectivity index (χ0) is 14.1. The first-order chi connectivity index (χ1) is 10.3. The third kappa shape index (κ3) is 1.23. The first kappa shape index (κ1) is 11.4. The molecule has 0 radical (unpaired) electrons. The minimum Gasteiger partial charge on any atom is -0.341 e. The predicted octanol–water partition coefficient (Wildman–Crippen LogP) is 5.04. The molecule has 0 bridgehead atoms. The van der Waals surface area contributed by atoms with Crippen LogP contribution < -0.4 is 0 Å². The quantitative estimate of drug-likeness (QED) is 0.378. The fraction of sp³-hybridized carbons (Fsp3) is 0.111. The van der Waals surface area contributed by atoms with E-state index in [0.29, 0.717) is 0 Å². The van der Waals surface area contributed by atoms with E-state index in [1.807, 2.05) is 11.3 Å². The van der Waals surface area contributed by atoms with Gasteiger partial charge >= 0.3 is 0 Å². The molecular weight excluding hydrogens is 276 g/mol. The summed E-state index contributed by atoms with van der Waals surface area (Å²) in [6, 6.07) is 17.4. The van der Waals surface area contributed by atoms with Gasteiger partial charge < -0.3 is 9.13 Å². The molecule has 0 atom stereocenters. The summed E-state index contributed by atoms with van der Waals surface area (Å²) in [6.45, 7) is 0. The monoisotopic (exact) mass is 290 g/mol. The fourth-order valence-electron chi connectivity index (χ4n) is 3.56.